The maximum atomic E-state index is 5.56. The lowest BCUT2D eigenvalue weighted by atomic mass is 10.2. The maximum absolute atomic E-state index is 5.56. The fraction of sp³-hybridized carbons (Fsp3) is 0.0909. The maximum Gasteiger partial charge on any atom is 0.205 e. The van der Waals surface area contributed by atoms with Gasteiger partial charge in [-0.15, -0.1) is 10.2 Å². The van der Waals surface area contributed by atoms with E-state index in [4.69, 9.17) is 4.42 Å². The largest absolute Gasteiger partial charge is 0.461 e. The first-order chi connectivity index (χ1) is 13.3. The monoisotopic (exact) mass is 373 g/mol. The van der Waals surface area contributed by atoms with Crippen LogP contribution in [0.25, 0.3) is 23.3 Å². The van der Waals surface area contributed by atoms with E-state index >= 15 is 0 Å². The van der Waals surface area contributed by atoms with Gasteiger partial charge in [-0.25, -0.2) is 0 Å². The SMILES string of the molecule is Cc1ccc(-n2c(SC/C=C/c3ccccc3)nnc2-c2ccco2)cc1. The second kappa shape index (κ2) is 8.10. The van der Waals surface area contributed by atoms with Gasteiger partial charge < -0.3 is 4.42 Å². The average molecular weight is 373 g/mol. The lowest BCUT2D eigenvalue weighted by Gasteiger charge is -2.09. The van der Waals surface area contributed by atoms with Crippen LogP contribution in [0.4, 0.5) is 0 Å². The van der Waals surface area contributed by atoms with Gasteiger partial charge in [-0.2, -0.15) is 0 Å². The summed E-state index contributed by atoms with van der Waals surface area (Å²) in [6.45, 7) is 2.08. The summed E-state index contributed by atoms with van der Waals surface area (Å²) in [5.74, 6) is 2.21. The van der Waals surface area contributed by atoms with Crippen LogP contribution in [0.1, 0.15) is 11.1 Å². The summed E-state index contributed by atoms with van der Waals surface area (Å²) in [6.07, 6.45) is 5.91. The van der Waals surface area contributed by atoms with Gasteiger partial charge in [0.15, 0.2) is 10.9 Å². The summed E-state index contributed by atoms with van der Waals surface area (Å²) in [5, 5.41) is 9.60. The van der Waals surface area contributed by atoms with Crippen LogP contribution in [0.5, 0.6) is 0 Å². The highest BCUT2D eigenvalue weighted by molar-refractivity contribution is 7.99. The van der Waals surface area contributed by atoms with Gasteiger partial charge in [-0.05, 0) is 36.8 Å². The van der Waals surface area contributed by atoms with Crippen molar-refractivity contribution in [1.82, 2.24) is 14.8 Å². The van der Waals surface area contributed by atoms with Crippen LogP contribution in [0.15, 0.2) is 88.6 Å². The van der Waals surface area contributed by atoms with Crippen LogP contribution in [0, 0.1) is 6.92 Å². The third-order valence-corrected chi connectivity index (χ3v) is 4.97. The second-order valence-electron chi connectivity index (χ2n) is 6.08. The van der Waals surface area contributed by atoms with Crippen LogP contribution < -0.4 is 0 Å². The molecule has 0 aliphatic rings. The molecule has 0 saturated carbocycles. The number of thioether (sulfide) groups is 1. The quantitative estimate of drug-likeness (QED) is 0.410. The van der Waals surface area contributed by atoms with Crippen molar-refractivity contribution < 1.29 is 4.42 Å². The third-order valence-electron chi connectivity index (χ3n) is 4.09. The van der Waals surface area contributed by atoms with Gasteiger partial charge in [-0.1, -0.05) is 71.9 Å². The second-order valence-corrected chi connectivity index (χ2v) is 7.07. The summed E-state index contributed by atoms with van der Waals surface area (Å²) in [6, 6.07) is 22.4. The Bertz CT molecular complexity index is 1020. The van der Waals surface area contributed by atoms with Crippen molar-refractivity contribution in [2.45, 2.75) is 12.1 Å². The van der Waals surface area contributed by atoms with Gasteiger partial charge in [0.1, 0.15) is 0 Å². The fourth-order valence-electron chi connectivity index (χ4n) is 2.73. The van der Waals surface area contributed by atoms with E-state index in [-0.39, 0.29) is 0 Å². The minimum absolute atomic E-state index is 0.703. The van der Waals surface area contributed by atoms with E-state index in [9.17, 15) is 0 Å². The number of aryl methyl sites for hydroxylation is 1. The van der Waals surface area contributed by atoms with E-state index in [2.05, 4.69) is 65.7 Å². The van der Waals surface area contributed by atoms with Gasteiger partial charge in [-0.3, -0.25) is 4.57 Å². The minimum atomic E-state index is 0.703. The smallest absolute Gasteiger partial charge is 0.205 e. The average Bonchev–Trinajstić information content (AvgIpc) is 3.36. The van der Waals surface area contributed by atoms with Crippen LogP contribution in [0.3, 0.4) is 0 Å². The van der Waals surface area contributed by atoms with Gasteiger partial charge in [0.25, 0.3) is 0 Å². The van der Waals surface area contributed by atoms with Crippen molar-refractivity contribution >= 4 is 17.8 Å². The molecular weight excluding hydrogens is 354 g/mol. The number of benzene rings is 2. The Morgan fingerprint density at radius 2 is 1.78 bits per heavy atom. The molecule has 0 unspecified atom stereocenters. The number of rotatable bonds is 6. The topological polar surface area (TPSA) is 43.9 Å². The highest BCUT2D eigenvalue weighted by Crippen LogP contribution is 2.28. The van der Waals surface area contributed by atoms with Crippen LogP contribution >= 0.6 is 11.8 Å². The van der Waals surface area contributed by atoms with Crippen molar-refractivity contribution in [3.63, 3.8) is 0 Å². The van der Waals surface area contributed by atoms with E-state index in [1.165, 1.54) is 11.1 Å². The molecule has 0 amide bonds. The highest BCUT2D eigenvalue weighted by atomic mass is 32.2. The Balaban J connectivity index is 1.60. The number of nitrogens with zero attached hydrogens (tertiary/aromatic N) is 3. The first kappa shape index (κ1) is 17.4. The molecule has 2 aromatic heterocycles. The summed E-state index contributed by atoms with van der Waals surface area (Å²) >= 11 is 1.64. The predicted molar refractivity (Wildman–Crippen MR) is 110 cm³/mol. The molecule has 0 N–H and O–H groups in total. The van der Waals surface area contributed by atoms with E-state index < -0.39 is 0 Å². The molecule has 2 heterocycles. The standard InChI is InChI=1S/C22H19N3OS/c1-17-11-13-19(14-12-17)25-21(20-10-5-15-26-20)23-24-22(25)27-16-6-9-18-7-3-2-4-8-18/h2-15H,16H2,1H3/b9-6+. The Kier molecular flexibility index (Phi) is 5.21. The van der Waals surface area contributed by atoms with Crippen molar-refractivity contribution in [3.8, 4) is 17.3 Å². The summed E-state index contributed by atoms with van der Waals surface area (Å²) in [5.41, 5.74) is 3.42. The molecule has 4 aromatic rings. The zero-order valence-corrected chi connectivity index (χ0v) is 15.8. The molecule has 0 aliphatic carbocycles. The number of furan rings is 1. The molecule has 27 heavy (non-hydrogen) atoms. The zero-order chi connectivity index (χ0) is 18.5. The molecular formula is C22H19N3OS. The first-order valence-electron chi connectivity index (χ1n) is 8.72. The normalized spacial score (nSPS) is 11.3. The summed E-state index contributed by atoms with van der Waals surface area (Å²) < 4.78 is 7.60. The van der Waals surface area contributed by atoms with Gasteiger partial charge in [0.05, 0.1) is 6.26 Å². The lowest BCUT2D eigenvalue weighted by Crippen LogP contribution is -1.99. The Hall–Kier alpha value is -3.05. The van der Waals surface area contributed by atoms with Crippen LogP contribution in [0.2, 0.25) is 0 Å². The summed E-state index contributed by atoms with van der Waals surface area (Å²) in [7, 11) is 0. The molecule has 5 heteroatoms. The number of aromatic nitrogens is 3. The van der Waals surface area contributed by atoms with E-state index in [0.29, 0.717) is 11.6 Å². The molecule has 0 spiro atoms. The minimum Gasteiger partial charge on any atom is -0.461 e. The third kappa shape index (κ3) is 4.04. The van der Waals surface area contributed by atoms with E-state index in [0.717, 1.165) is 16.6 Å². The number of hydrogen-bond donors (Lipinski definition) is 0. The van der Waals surface area contributed by atoms with Crippen molar-refractivity contribution in [2.24, 2.45) is 0 Å². The van der Waals surface area contributed by atoms with Crippen molar-refractivity contribution in [1.29, 1.82) is 0 Å². The molecule has 0 aliphatic heterocycles. The van der Waals surface area contributed by atoms with Crippen LogP contribution in [-0.4, -0.2) is 20.5 Å². The molecule has 134 valence electrons. The van der Waals surface area contributed by atoms with Gasteiger partial charge in [0, 0.05) is 11.4 Å². The van der Waals surface area contributed by atoms with E-state index in [1.807, 2.05) is 34.9 Å². The van der Waals surface area contributed by atoms with Gasteiger partial charge >= 0.3 is 0 Å². The highest BCUT2D eigenvalue weighted by Gasteiger charge is 2.17. The Labute approximate surface area is 162 Å². The molecule has 0 radical (unpaired) electrons. The zero-order valence-electron chi connectivity index (χ0n) is 14.9. The number of hydrogen-bond acceptors (Lipinski definition) is 4. The lowest BCUT2D eigenvalue weighted by molar-refractivity contribution is 0.575. The van der Waals surface area contributed by atoms with E-state index in [1.54, 1.807) is 18.0 Å². The van der Waals surface area contributed by atoms with Crippen molar-refractivity contribution in [2.75, 3.05) is 5.75 Å². The molecule has 0 atom stereocenters. The molecule has 0 saturated heterocycles. The summed E-state index contributed by atoms with van der Waals surface area (Å²) in [4.78, 5) is 0. The molecule has 4 nitrogen and oxygen atoms in total. The van der Waals surface area contributed by atoms with Gasteiger partial charge in [0.2, 0.25) is 5.82 Å². The molecule has 4 rings (SSSR count). The predicted octanol–water partition coefficient (Wildman–Crippen LogP) is 5.64. The Morgan fingerprint density at radius 1 is 0.963 bits per heavy atom. The first-order valence-corrected chi connectivity index (χ1v) is 9.70. The fourth-order valence-corrected chi connectivity index (χ4v) is 3.49. The molecule has 0 fully saturated rings. The molecule has 2 aromatic carbocycles. The Morgan fingerprint density at radius 3 is 2.52 bits per heavy atom. The van der Waals surface area contributed by atoms with Crippen LogP contribution in [-0.2, 0) is 0 Å². The molecule has 0 bridgehead atoms. The van der Waals surface area contributed by atoms with Crippen molar-refractivity contribution in [3.05, 3.63) is 90.2 Å².